The lowest BCUT2D eigenvalue weighted by Crippen LogP contribution is -2.45. The monoisotopic (exact) mass is 544 g/mol. The van der Waals surface area contributed by atoms with Gasteiger partial charge in [0.2, 0.25) is 5.89 Å². The molecule has 3 heterocycles. The number of carboxylic acids is 1. The van der Waals surface area contributed by atoms with Crippen LogP contribution in [0, 0.1) is 0 Å². The number of carboxylic acid groups (broad SMARTS) is 1. The molecular weight excluding hydrogens is 512 g/mol. The second-order valence-electron chi connectivity index (χ2n) is 11.7. The van der Waals surface area contributed by atoms with Gasteiger partial charge in [-0.25, -0.2) is 14.6 Å². The van der Waals surface area contributed by atoms with Crippen molar-refractivity contribution in [2.75, 3.05) is 11.4 Å². The first-order valence-electron chi connectivity index (χ1n) is 13.2. The molecule has 208 valence electrons. The maximum atomic E-state index is 13.1. The van der Waals surface area contributed by atoms with Crippen molar-refractivity contribution in [2.24, 2.45) is 0 Å². The first-order chi connectivity index (χ1) is 18.7. The van der Waals surface area contributed by atoms with Gasteiger partial charge >= 0.3 is 17.6 Å². The first-order valence-corrected chi connectivity index (χ1v) is 13.2. The fourth-order valence-electron chi connectivity index (χ4n) is 5.20. The first kappa shape index (κ1) is 27.2. The maximum absolute atomic E-state index is 13.1. The molecule has 0 saturated heterocycles. The molecule has 1 aliphatic rings. The van der Waals surface area contributed by atoms with Gasteiger partial charge in [0.15, 0.2) is 5.58 Å². The molecule has 0 aliphatic carbocycles. The number of aromatic nitrogens is 1. The van der Waals surface area contributed by atoms with E-state index in [1.807, 2.05) is 39.8 Å². The number of benzene rings is 2. The molecule has 0 fully saturated rings. The summed E-state index contributed by atoms with van der Waals surface area (Å²) in [5, 5.41) is 9.96. The van der Waals surface area contributed by atoms with E-state index in [2.05, 4.69) is 29.8 Å². The van der Waals surface area contributed by atoms with Crippen LogP contribution < -0.4 is 10.5 Å². The summed E-state index contributed by atoms with van der Waals surface area (Å²) < 4.78 is 17.0. The third-order valence-corrected chi connectivity index (χ3v) is 6.88. The minimum absolute atomic E-state index is 0.0584. The molecule has 1 aliphatic heterocycles. The summed E-state index contributed by atoms with van der Waals surface area (Å²) in [6.45, 7) is 12.4. The zero-order chi connectivity index (χ0) is 29.0. The highest BCUT2D eigenvalue weighted by Gasteiger charge is 2.32. The molecule has 40 heavy (non-hydrogen) atoms. The molecule has 0 radical (unpaired) electrons. The Morgan fingerprint density at radius 2 is 1.77 bits per heavy atom. The van der Waals surface area contributed by atoms with Crippen LogP contribution in [0.3, 0.4) is 0 Å². The number of ether oxygens (including phenoxy) is 1. The van der Waals surface area contributed by atoms with Crippen molar-refractivity contribution in [3.05, 3.63) is 64.0 Å². The van der Waals surface area contributed by atoms with Crippen LogP contribution in [0.2, 0.25) is 0 Å². The Hall–Kier alpha value is -4.40. The molecule has 0 atom stereocenters. The van der Waals surface area contributed by atoms with Gasteiger partial charge in [0, 0.05) is 35.7 Å². The number of fused-ring (bicyclic) bond motifs is 3. The Kier molecular flexibility index (Phi) is 6.56. The molecule has 0 amide bonds. The zero-order valence-corrected chi connectivity index (χ0v) is 23.5. The van der Waals surface area contributed by atoms with Gasteiger partial charge in [0.25, 0.3) is 0 Å². The number of oxazole rings is 1. The highest BCUT2D eigenvalue weighted by molar-refractivity contribution is 5.94. The maximum Gasteiger partial charge on any atom is 0.349 e. The summed E-state index contributed by atoms with van der Waals surface area (Å²) in [4.78, 5) is 43.2. The van der Waals surface area contributed by atoms with Crippen LogP contribution in [0.15, 0.2) is 56.1 Å². The van der Waals surface area contributed by atoms with Crippen molar-refractivity contribution in [3.8, 4) is 11.5 Å². The molecule has 2 aromatic heterocycles. The molecule has 5 rings (SSSR count). The van der Waals surface area contributed by atoms with Crippen LogP contribution in [0.5, 0.6) is 0 Å². The van der Waals surface area contributed by atoms with Crippen LogP contribution in [-0.2, 0) is 9.53 Å². The molecule has 4 aromatic rings. The average Bonchev–Trinajstić information content (AvgIpc) is 3.26. The smallest absolute Gasteiger partial charge is 0.349 e. The lowest BCUT2D eigenvalue weighted by Gasteiger charge is -2.43. The van der Waals surface area contributed by atoms with E-state index in [1.165, 1.54) is 18.2 Å². The van der Waals surface area contributed by atoms with Crippen LogP contribution >= 0.6 is 0 Å². The summed E-state index contributed by atoms with van der Waals surface area (Å²) >= 11 is 0. The molecule has 0 bridgehead atoms. The highest BCUT2D eigenvalue weighted by Crippen LogP contribution is 2.41. The number of nitrogens with zero attached hydrogens (tertiary/aromatic N) is 2. The predicted molar refractivity (Wildman–Crippen MR) is 153 cm³/mol. The molecule has 0 unspecified atom stereocenters. The van der Waals surface area contributed by atoms with Gasteiger partial charge in [-0.3, -0.25) is 4.79 Å². The van der Waals surface area contributed by atoms with Gasteiger partial charge in [0.1, 0.15) is 22.3 Å². The van der Waals surface area contributed by atoms with Crippen LogP contribution in [0.4, 0.5) is 5.69 Å². The largest absolute Gasteiger partial charge is 0.478 e. The van der Waals surface area contributed by atoms with E-state index in [-0.39, 0.29) is 28.5 Å². The number of carbonyl (C=O) groups excluding carboxylic acids is 1. The molecule has 9 nitrogen and oxygen atoms in total. The van der Waals surface area contributed by atoms with E-state index in [0.717, 1.165) is 16.8 Å². The molecule has 0 spiro atoms. The van der Waals surface area contributed by atoms with Crippen LogP contribution in [-0.4, -0.2) is 39.7 Å². The van der Waals surface area contributed by atoms with Gasteiger partial charge in [-0.2, -0.15) is 0 Å². The van der Waals surface area contributed by atoms with Gasteiger partial charge in [-0.05, 0) is 83.9 Å². The summed E-state index contributed by atoms with van der Waals surface area (Å²) in [5.41, 5.74) is 2.87. The van der Waals surface area contributed by atoms with E-state index in [1.54, 1.807) is 6.07 Å². The normalized spacial score (nSPS) is 14.8. The van der Waals surface area contributed by atoms with Gasteiger partial charge in [-0.15, -0.1) is 0 Å². The molecule has 9 heteroatoms. The van der Waals surface area contributed by atoms with Crippen molar-refractivity contribution >= 4 is 45.3 Å². The number of hydrogen-bond acceptors (Lipinski definition) is 8. The van der Waals surface area contributed by atoms with Crippen molar-refractivity contribution in [2.45, 2.75) is 65.5 Å². The van der Waals surface area contributed by atoms with Crippen molar-refractivity contribution in [1.82, 2.24) is 4.98 Å². The quantitative estimate of drug-likeness (QED) is 0.216. The summed E-state index contributed by atoms with van der Waals surface area (Å²) in [6.07, 6.45) is 3.09. The Balaban J connectivity index is 1.50. The van der Waals surface area contributed by atoms with E-state index >= 15 is 0 Å². The second kappa shape index (κ2) is 9.66. The summed E-state index contributed by atoms with van der Waals surface area (Å²) in [6, 6.07) is 9.87. The number of hydrogen-bond donors (Lipinski definition) is 1. The standard InChI is InChI=1S/C31H32N2O7/c1-17-16-31(5,6)33(11-7-8-26(34)40-30(2,3)4)23-15-25-19(12-20(17)23)13-21(29(37)39-25)27-32-22-14-18(28(35)36)9-10-24(22)38-27/h9-10,12-16H,7-8,11H2,1-6H3,(H,35,36). The van der Waals surface area contributed by atoms with Crippen molar-refractivity contribution in [1.29, 1.82) is 0 Å². The molecule has 2 aromatic carbocycles. The average molecular weight is 545 g/mol. The number of carbonyl (C=O) groups is 2. The van der Waals surface area contributed by atoms with Gasteiger partial charge in [0.05, 0.1) is 11.1 Å². The lowest BCUT2D eigenvalue weighted by molar-refractivity contribution is -0.154. The number of aromatic carboxylic acids is 1. The van der Waals surface area contributed by atoms with Gasteiger partial charge in [-0.1, -0.05) is 6.08 Å². The third-order valence-electron chi connectivity index (χ3n) is 6.88. The minimum Gasteiger partial charge on any atom is -0.478 e. The number of esters is 1. The predicted octanol–water partition coefficient (Wildman–Crippen LogP) is 6.42. The minimum atomic E-state index is -1.08. The van der Waals surface area contributed by atoms with E-state index in [4.69, 9.17) is 13.6 Å². The van der Waals surface area contributed by atoms with Crippen LogP contribution in [0.25, 0.3) is 39.1 Å². The third kappa shape index (κ3) is 5.23. The highest BCUT2D eigenvalue weighted by atomic mass is 16.6. The second-order valence-corrected chi connectivity index (χ2v) is 11.7. The van der Waals surface area contributed by atoms with E-state index in [0.29, 0.717) is 41.5 Å². The number of rotatable bonds is 6. The van der Waals surface area contributed by atoms with Gasteiger partial charge < -0.3 is 23.6 Å². The Morgan fingerprint density at radius 1 is 1.05 bits per heavy atom. The van der Waals surface area contributed by atoms with Crippen LogP contribution in [0.1, 0.15) is 70.3 Å². The van der Waals surface area contributed by atoms with Crippen molar-refractivity contribution in [3.63, 3.8) is 0 Å². The summed E-state index contributed by atoms with van der Waals surface area (Å²) in [7, 11) is 0. The fraction of sp³-hybridized carbons (Fsp3) is 0.355. The lowest BCUT2D eigenvalue weighted by atomic mass is 9.88. The van der Waals surface area contributed by atoms with Crippen molar-refractivity contribution < 1.29 is 28.3 Å². The Morgan fingerprint density at radius 3 is 2.48 bits per heavy atom. The Bertz CT molecular complexity index is 1750. The molecular formula is C31H32N2O7. The Labute approximate surface area is 231 Å². The molecule has 0 saturated carbocycles. The SMILES string of the molecule is CC1=CC(C)(C)N(CCCC(=O)OC(C)(C)C)c2cc3oc(=O)c(-c4nc5cc(C(=O)O)ccc5o4)cc3cc21. The topological polar surface area (TPSA) is 123 Å². The number of anilines is 1. The number of allylic oxidation sites excluding steroid dienone is 1. The summed E-state index contributed by atoms with van der Waals surface area (Å²) in [5.74, 6) is -1.25. The van der Waals surface area contributed by atoms with E-state index in [9.17, 15) is 19.5 Å². The molecule has 1 N–H and O–H groups in total. The van der Waals surface area contributed by atoms with E-state index < -0.39 is 17.2 Å². The fourth-order valence-corrected chi connectivity index (χ4v) is 5.20. The zero-order valence-electron chi connectivity index (χ0n) is 23.5.